The van der Waals surface area contributed by atoms with Crippen LogP contribution in [-0.2, 0) is 0 Å². The van der Waals surface area contributed by atoms with Crippen molar-refractivity contribution in [1.29, 1.82) is 0 Å². The van der Waals surface area contributed by atoms with Crippen LogP contribution in [0.4, 0.5) is 0 Å². The lowest BCUT2D eigenvalue weighted by Gasteiger charge is -2.03. The first-order valence-electron chi connectivity index (χ1n) is 6.18. The quantitative estimate of drug-likeness (QED) is 0.799. The minimum absolute atomic E-state index is 0.105. The molecular weight excluding hydrogens is 292 g/mol. The van der Waals surface area contributed by atoms with Crippen molar-refractivity contribution in [3.63, 3.8) is 0 Å². The number of carbonyl (C=O) groups is 1. The monoisotopic (exact) mass is 302 g/mol. The fourth-order valence-electron chi connectivity index (χ4n) is 2.00. The molecule has 0 amide bonds. The van der Waals surface area contributed by atoms with Crippen LogP contribution in [0, 0.1) is 6.92 Å². The summed E-state index contributed by atoms with van der Waals surface area (Å²) in [6.45, 7) is 1.90. The number of aromatic nitrogens is 2. The molecular formula is C15H11ClN2O3. The molecule has 0 aliphatic rings. The summed E-state index contributed by atoms with van der Waals surface area (Å²) in [7, 11) is 0. The molecule has 3 aromatic rings. The third-order valence-electron chi connectivity index (χ3n) is 3.16. The Hall–Kier alpha value is -2.53. The first-order valence-corrected chi connectivity index (χ1v) is 6.56. The maximum atomic E-state index is 11.4. The maximum absolute atomic E-state index is 11.4. The second kappa shape index (κ2) is 5.10. The van der Waals surface area contributed by atoms with Crippen LogP contribution < -0.4 is 0 Å². The van der Waals surface area contributed by atoms with Crippen molar-refractivity contribution >= 4 is 17.6 Å². The zero-order valence-electron chi connectivity index (χ0n) is 11.1. The lowest BCUT2D eigenvalue weighted by atomic mass is 10.1. The fraction of sp³-hybridized carbons (Fsp3) is 0.0667. The number of aryl methyl sites for hydroxylation is 1. The number of benzene rings is 1. The number of carboxylic acids is 1. The SMILES string of the molecule is Cc1ccc(-n2cc(C(=O)O)c(-c3ccoc3)n2)cc1Cl. The Labute approximate surface area is 125 Å². The standard InChI is InChI=1S/C15H11ClN2O3/c1-9-2-3-11(6-13(9)16)18-7-12(15(19)20)14(17-18)10-4-5-21-8-10/h2-8H,1H3,(H,19,20). The van der Waals surface area contributed by atoms with Crippen LogP contribution >= 0.6 is 11.6 Å². The first kappa shape index (κ1) is 13.5. The van der Waals surface area contributed by atoms with Crippen LogP contribution in [0.5, 0.6) is 0 Å². The van der Waals surface area contributed by atoms with Gasteiger partial charge in [-0.1, -0.05) is 17.7 Å². The van der Waals surface area contributed by atoms with Gasteiger partial charge in [0.1, 0.15) is 11.3 Å². The number of aromatic carboxylic acids is 1. The van der Waals surface area contributed by atoms with Gasteiger partial charge in [-0.3, -0.25) is 0 Å². The number of hydrogen-bond acceptors (Lipinski definition) is 3. The van der Waals surface area contributed by atoms with Crippen LogP contribution in [0.2, 0.25) is 5.02 Å². The average Bonchev–Trinajstić information content (AvgIpc) is 3.09. The molecule has 0 saturated carbocycles. The number of nitrogens with zero attached hydrogens (tertiary/aromatic N) is 2. The molecule has 21 heavy (non-hydrogen) atoms. The smallest absolute Gasteiger partial charge is 0.339 e. The Balaban J connectivity index is 2.14. The van der Waals surface area contributed by atoms with Crippen LogP contribution in [0.1, 0.15) is 15.9 Å². The van der Waals surface area contributed by atoms with E-state index in [1.165, 1.54) is 23.4 Å². The van der Waals surface area contributed by atoms with Crippen molar-refractivity contribution in [2.75, 3.05) is 0 Å². The van der Waals surface area contributed by atoms with Crippen LogP contribution in [0.3, 0.4) is 0 Å². The topological polar surface area (TPSA) is 68.3 Å². The second-order valence-corrected chi connectivity index (χ2v) is 4.99. The molecule has 0 spiro atoms. The van der Waals surface area contributed by atoms with Gasteiger partial charge in [0.2, 0.25) is 0 Å². The molecule has 3 rings (SSSR count). The zero-order valence-corrected chi connectivity index (χ0v) is 11.8. The minimum Gasteiger partial charge on any atom is -0.478 e. The number of carboxylic acid groups (broad SMARTS) is 1. The summed E-state index contributed by atoms with van der Waals surface area (Å²) >= 11 is 6.10. The van der Waals surface area contributed by atoms with Crippen LogP contribution in [-0.4, -0.2) is 20.9 Å². The molecule has 1 N–H and O–H groups in total. The predicted molar refractivity (Wildman–Crippen MR) is 78.0 cm³/mol. The van der Waals surface area contributed by atoms with Gasteiger partial charge in [0.05, 0.1) is 18.2 Å². The molecule has 0 aliphatic carbocycles. The van der Waals surface area contributed by atoms with Crippen molar-refractivity contribution in [1.82, 2.24) is 9.78 Å². The van der Waals surface area contributed by atoms with Crippen molar-refractivity contribution in [3.8, 4) is 16.9 Å². The molecule has 0 aliphatic heterocycles. The van der Waals surface area contributed by atoms with E-state index in [1.54, 1.807) is 12.1 Å². The Morgan fingerprint density at radius 3 is 2.81 bits per heavy atom. The van der Waals surface area contributed by atoms with Gasteiger partial charge in [-0.2, -0.15) is 5.10 Å². The van der Waals surface area contributed by atoms with Crippen LogP contribution in [0.25, 0.3) is 16.9 Å². The van der Waals surface area contributed by atoms with Gasteiger partial charge in [0, 0.05) is 16.8 Å². The minimum atomic E-state index is -1.05. The van der Waals surface area contributed by atoms with E-state index < -0.39 is 5.97 Å². The van der Waals surface area contributed by atoms with E-state index in [4.69, 9.17) is 16.0 Å². The third kappa shape index (κ3) is 2.43. The van der Waals surface area contributed by atoms with Gasteiger partial charge in [-0.25, -0.2) is 9.48 Å². The summed E-state index contributed by atoms with van der Waals surface area (Å²) in [5.41, 5.74) is 2.72. The molecule has 106 valence electrons. The highest BCUT2D eigenvalue weighted by Crippen LogP contribution is 2.25. The Morgan fingerprint density at radius 2 is 2.19 bits per heavy atom. The van der Waals surface area contributed by atoms with E-state index in [9.17, 15) is 9.90 Å². The lowest BCUT2D eigenvalue weighted by molar-refractivity contribution is 0.0697. The first-order chi connectivity index (χ1) is 10.1. The largest absolute Gasteiger partial charge is 0.478 e. The van der Waals surface area contributed by atoms with E-state index in [0.29, 0.717) is 22.0 Å². The second-order valence-electron chi connectivity index (χ2n) is 4.59. The predicted octanol–water partition coefficient (Wildman–Crippen LogP) is 3.79. The molecule has 0 atom stereocenters. The van der Waals surface area contributed by atoms with Crippen molar-refractivity contribution < 1.29 is 14.3 Å². The van der Waals surface area contributed by atoms with Crippen molar-refractivity contribution in [3.05, 3.63) is 59.1 Å². The highest BCUT2D eigenvalue weighted by molar-refractivity contribution is 6.31. The van der Waals surface area contributed by atoms with E-state index >= 15 is 0 Å². The number of furan rings is 1. The fourth-order valence-corrected chi connectivity index (χ4v) is 2.17. The summed E-state index contributed by atoms with van der Waals surface area (Å²) in [5.74, 6) is -1.05. The Bertz CT molecular complexity index is 806. The summed E-state index contributed by atoms with van der Waals surface area (Å²) in [4.78, 5) is 11.4. The van der Waals surface area contributed by atoms with E-state index in [0.717, 1.165) is 5.56 Å². The lowest BCUT2D eigenvalue weighted by Crippen LogP contribution is -1.96. The molecule has 2 aromatic heterocycles. The molecule has 0 bridgehead atoms. The molecule has 1 aromatic carbocycles. The highest BCUT2D eigenvalue weighted by atomic mass is 35.5. The highest BCUT2D eigenvalue weighted by Gasteiger charge is 2.18. The average molecular weight is 303 g/mol. The molecule has 6 heteroatoms. The summed E-state index contributed by atoms with van der Waals surface area (Å²) in [6, 6.07) is 7.10. The van der Waals surface area contributed by atoms with Gasteiger partial charge >= 0.3 is 5.97 Å². The Morgan fingerprint density at radius 1 is 1.38 bits per heavy atom. The van der Waals surface area contributed by atoms with Gasteiger partial charge < -0.3 is 9.52 Å². The summed E-state index contributed by atoms with van der Waals surface area (Å²) in [6.07, 6.45) is 4.40. The van der Waals surface area contributed by atoms with Crippen molar-refractivity contribution in [2.45, 2.75) is 6.92 Å². The van der Waals surface area contributed by atoms with Crippen molar-refractivity contribution in [2.24, 2.45) is 0 Å². The molecule has 5 nitrogen and oxygen atoms in total. The maximum Gasteiger partial charge on any atom is 0.339 e. The van der Waals surface area contributed by atoms with Gasteiger partial charge in [0.25, 0.3) is 0 Å². The zero-order chi connectivity index (χ0) is 15.0. The van der Waals surface area contributed by atoms with Gasteiger partial charge in [0.15, 0.2) is 0 Å². The van der Waals surface area contributed by atoms with Gasteiger partial charge in [-0.05, 0) is 30.7 Å². The molecule has 2 heterocycles. The molecule has 0 unspecified atom stereocenters. The number of rotatable bonds is 3. The Kier molecular flexibility index (Phi) is 3.27. The molecule has 0 radical (unpaired) electrons. The van der Waals surface area contributed by atoms with E-state index in [2.05, 4.69) is 5.10 Å². The normalized spacial score (nSPS) is 10.8. The molecule has 0 fully saturated rings. The summed E-state index contributed by atoms with van der Waals surface area (Å²) in [5, 5.41) is 14.2. The number of hydrogen-bond donors (Lipinski definition) is 1. The van der Waals surface area contributed by atoms with E-state index in [1.807, 2.05) is 19.1 Å². The molecule has 0 saturated heterocycles. The third-order valence-corrected chi connectivity index (χ3v) is 3.57. The van der Waals surface area contributed by atoms with E-state index in [-0.39, 0.29) is 5.56 Å². The summed E-state index contributed by atoms with van der Waals surface area (Å²) < 4.78 is 6.49. The van der Waals surface area contributed by atoms with Crippen LogP contribution in [0.15, 0.2) is 47.4 Å². The number of halogens is 1. The van der Waals surface area contributed by atoms with Gasteiger partial charge in [-0.15, -0.1) is 0 Å².